The lowest BCUT2D eigenvalue weighted by Crippen LogP contribution is -2.29. The Bertz CT molecular complexity index is 1480. The van der Waals surface area contributed by atoms with Crippen LogP contribution in [0.4, 0.5) is 0 Å². The van der Waals surface area contributed by atoms with Gasteiger partial charge in [0.2, 0.25) is 5.91 Å². The fourth-order valence-corrected chi connectivity index (χ4v) is 3.30. The van der Waals surface area contributed by atoms with E-state index in [0.29, 0.717) is 17.7 Å². The lowest BCUT2D eigenvalue weighted by Gasteiger charge is -2.17. The molecule has 0 heterocycles. The van der Waals surface area contributed by atoms with Gasteiger partial charge in [0.15, 0.2) is 0 Å². The number of hydrogen-bond donors (Lipinski definition) is 8. The zero-order chi connectivity index (χ0) is 56.3. The topological polar surface area (TPSA) is 365 Å². The van der Waals surface area contributed by atoms with Crippen molar-refractivity contribution in [3.8, 4) is 0 Å². The van der Waals surface area contributed by atoms with Crippen molar-refractivity contribution >= 4 is 41.7 Å². The molecule has 0 aromatic carbocycles. The second kappa shape index (κ2) is 57.9. The van der Waals surface area contributed by atoms with Crippen molar-refractivity contribution in [2.45, 2.75) is 79.2 Å². The quantitative estimate of drug-likeness (QED) is 0.0234. The molecule has 6 atom stereocenters. The van der Waals surface area contributed by atoms with Crippen LogP contribution in [0.15, 0.2) is 87.6 Å². The molecule has 0 aromatic rings. The van der Waals surface area contributed by atoms with E-state index in [4.69, 9.17) is 34.3 Å². The molecule has 74 heavy (non-hydrogen) atoms. The van der Waals surface area contributed by atoms with Gasteiger partial charge in [0.05, 0.1) is 71.7 Å². The van der Waals surface area contributed by atoms with E-state index in [1.807, 2.05) is 0 Å². The summed E-state index contributed by atoms with van der Waals surface area (Å²) >= 11 is 0. The Morgan fingerprint density at radius 2 is 0.730 bits per heavy atom. The van der Waals surface area contributed by atoms with E-state index in [9.17, 15) is 54.0 Å². The van der Waals surface area contributed by atoms with Crippen molar-refractivity contribution in [3.63, 3.8) is 0 Å². The standard InChI is InChI=1S/2C15H24O8.2C6H10O3.C5H9NO2.2CH4/c2*1-4-14(18)22-9-12(16)7-20-6-11(3)21-8-13(17)10-23-15(19)5-2;2*1-5(2)6(8)9-4-3-7;1-2-5(8)6-3-4-7;;/h2*4-5,11-13,16-17H,1-2,6-10H2,3H3;2*7H,1,3-4H2,2H3;2,7H,1,3-4H2,(H,6,8);2*1H4. The molecule has 0 saturated carbocycles. The second-order valence-corrected chi connectivity index (χ2v) is 13.8. The number of aliphatic hydroxyl groups excluding tert-OH is 7. The summed E-state index contributed by atoms with van der Waals surface area (Å²) in [5, 5.41) is 65.0. The number of amides is 1. The molecule has 0 aliphatic rings. The van der Waals surface area contributed by atoms with Crippen molar-refractivity contribution in [1.29, 1.82) is 0 Å². The summed E-state index contributed by atoms with van der Waals surface area (Å²) in [4.78, 5) is 74.3. The van der Waals surface area contributed by atoms with Gasteiger partial charge >= 0.3 is 35.8 Å². The van der Waals surface area contributed by atoms with Gasteiger partial charge in [-0.2, -0.15) is 0 Å². The number of ether oxygens (including phenoxy) is 10. The first-order valence-electron chi connectivity index (χ1n) is 21.6. The van der Waals surface area contributed by atoms with Gasteiger partial charge in [0.25, 0.3) is 0 Å². The molecular weight excluding hydrogens is 987 g/mol. The predicted molar refractivity (Wildman–Crippen MR) is 271 cm³/mol. The van der Waals surface area contributed by atoms with Crippen LogP contribution in [0, 0.1) is 0 Å². The van der Waals surface area contributed by atoms with Gasteiger partial charge in [-0.3, -0.25) is 4.79 Å². The van der Waals surface area contributed by atoms with Crippen molar-refractivity contribution in [3.05, 3.63) is 87.6 Å². The first-order valence-corrected chi connectivity index (χ1v) is 21.6. The van der Waals surface area contributed by atoms with Crippen LogP contribution in [0.25, 0.3) is 0 Å². The summed E-state index contributed by atoms with van der Waals surface area (Å²) in [6.45, 7) is 28.9. The van der Waals surface area contributed by atoms with Crippen LogP contribution in [0.2, 0.25) is 0 Å². The molecule has 8 N–H and O–H groups in total. The van der Waals surface area contributed by atoms with E-state index in [0.717, 1.165) is 30.4 Å². The third-order valence-electron chi connectivity index (χ3n) is 6.75. The number of esters is 6. The van der Waals surface area contributed by atoms with Crippen molar-refractivity contribution < 1.29 is 117 Å². The van der Waals surface area contributed by atoms with Gasteiger partial charge < -0.3 is 88.4 Å². The molecular formula is C49H85NO24. The summed E-state index contributed by atoms with van der Waals surface area (Å²) in [5.41, 5.74) is 0.701. The van der Waals surface area contributed by atoms with Crippen molar-refractivity contribution in [1.82, 2.24) is 5.32 Å². The Hall–Kier alpha value is -5.97. The molecule has 0 aromatic heterocycles. The highest BCUT2D eigenvalue weighted by Crippen LogP contribution is 2.00. The van der Waals surface area contributed by atoms with Gasteiger partial charge in [-0.05, 0) is 33.8 Å². The fraction of sp³-hybridized carbons (Fsp3) is 0.571. The first kappa shape index (κ1) is 82.1. The van der Waals surface area contributed by atoms with E-state index < -0.39 is 60.2 Å². The van der Waals surface area contributed by atoms with Crippen molar-refractivity contribution in [2.24, 2.45) is 0 Å². The minimum atomic E-state index is -0.953. The normalized spacial score (nSPS) is 11.9. The third-order valence-corrected chi connectivity index (χ3v) is 6.75. The lowest BCUT2D eigenvalue weighted by atomic mass is 10.3. The molecule has 0 fully saturated rings. The Labute approximate surface area is 435 Å². The van der Waals surface area contributed by atoms with Gasteiger partial charge in [0.1, 0.15) is 64.1 Å². The van der Waals surface area contributed by atoms with E-state index in [1.165, 1.54) is 0 Å². The number of carbonyl (C=O) groups is 7. The molecule has 0 bridgehead atoms. The average Bonchev–Trinajstić information content (AvgIpc) is 3.37. The van der Waals surface area contributed by atoms with Crippen LogP contribution in [0.5, 0.6) is 0 Å². The van der Waals surface area contributed by atoms with Crippen LogP contribution in [0.3, 0.4) is 0 Å². The van der Waals surface area contributed by atoms with Crippen LogP contribution in [-0.4, -0.2) is 220 Å². The van der Waals surface area contributed by atoms with E-state index in [2.05, 4.69) is 79.8 Å². The highest BCUT2D eigenvalue weighted by molar-refractivity contribution is 5.87. The van der Waals surface area contributed by atoms with E-state index >= 15 is 0 Å². The van der Waals surface area contributed by atoms with Crippen LogP contribution < -0.4 is 5.32 Å². The summed E-state index contributed by atoms with van der Waals surface area (Å²) in [6, 6.07) is 0. The van der Waals surface area contributed by atoms with Gasteiger partial charge in [-0.25, -0.2) is 28.8 Å². The Morgan fingerprint density at radius 1 is 0.446 bits per heavy atom. The van der Waals surface area contributed by atoms with Crippen LogP contribution >= 0.6 is 0 Å². The number of hydrogen-bond acceptors (Lipinski definition) is 24. The molecule has 25 heteroatoms. The zero-order valence-electron chi connectivity index (χ0n) is 41.7. The molecule has 6 unspecified atom stereocenters. The second-order valence-electron chi connectivity index (χ2n) is 13.8. The minimum Gasteiger partial charge on any atom is -0.460 e. The molecule has 0 spiro atoms. The number of carbonyl (C=O) groups excluding carboxylic acids is 7. The molecule has 0 saturated heterocycles. The van der Waals surface area contributed by atoms with Gasteiger partial charge in [0, 0.05) is 42.0 Å². The molecule has 0 aliphatic heterocycles. The maximum Gasteiger partial charge on any atom is 0.333 e. The molecule has 25 nitrogen and oxygen atoms in total. The molecule has 430 valence electrons. The average molecular weight is 1070 g/mol. The maximum atomic E-state index is 10.8. The van der Waals surface area contributed by atoms with Gasteiger partial charge in [-0.15, -0.1) is 0 Å². The number of nitrogens with one attached hydrogen (secondary N) is 1. The summed E-state index contributed by atoms with van der Waals surface area (Å²) in [5.74, 6) is -3.64. The van der Waals surface area contributed by atoms with Crippen molar-refractivity contribution in [2.75, 3.05) is 106 Å². The Kier molecular flexibility index (Phi) is 64.2. The smallest absolute Gasteiger partial charge is 0.333 e. The summed E-state index contributed by atoms with van der Waals surface area (Å²) < 4.78 is 48.5. The van der Waals surface area contributed by atoms with E-state index in [-0.39, 0.29) is 132 Å². The number of rotatable bonds is 35. The lowest BCUT2D eigenvalue weighted by molar-refractivity contribution is -0.144. The monoisotopic (exact) mass is 1070 g/mol. The highest BCUT2D eigenvalue weighted by atomic mass is 16.6. The summed E-state index contributed by atoms with van der Waals surface area (Å²) in [7, 11) is 0. The highest BCUT2D eigenvalue weighted by Gasteiger charge is 2.14. The van der Waals surface area contributed by atoms with E-state index in [1.54, 1.807) is 27.7 Å². The largest absolute Gasteiger partial charge is 0.460 e. The van der Waals surface area contributed by atoms with Gasteiger partial charge in [-0.1, -0.05) is 60.9 Å². The van der Waals surface area contributed by atoms with Crippen LogP contribution in [-0.2, 0) is 80.9 Å². The maximum absolute atomic E-state index is 10.8. The molecule has 0 rings (SSSR count). The molecule has 1 amide bonds. The molecule has 0 radical (unpaired) electrons. The third kappa shape index (κ3) is 64.0. The first-order chi connectivity index (χ1) is 33.9. The Morgan fingerprint density at radius 3 is 0.959 bits per heavy atom. The minimum absolute atomic E-state index is 0. The van der Waals surface area contributed by atoms with Crippen LogP contribution in [0.1, 0.15) is 42.5 Å². The SMILES string of the molecule is C.C.C=C(C)C(=O)OCCO.C=C(C)C(=O)OCCO.C=CC(=O)NCCO.C=CC(=O)OCC(O)COCC(C)OCC(O)COC(=O)C=C.C=CC(=O)OCC(O)COCC(C)OCC(O)COC(=O)C=C. The number of aliphatic hydroxyl groups is 7. The summed E-state index contributed by atoms with van der Waals surface area (Å²) in [6.07, 6.45) is 0.673. The zero-order valence-corrected chi connectivity index (χ0v) is 41.7. The fourth-order valence-electron chi connectivity index (χ4n) is 3.30. The Balaban J connectivity index is -0.000000163. The predicted octanol–water partition coefficient (Wildman–Crippen LogP) is -0.0743. The molecule has 0 aliphatic carbocycles.